The van der Waals surface area contributed by atoms with Gasteiger partial charge in [0, 0.05) is 6.07 Å². The van der Waals surface area contributed by atoms with Crippen molar-refractivity contribution in [2.75, 3.05) is 5.73 Å². The molecule has 2 aromatic rings. The molecule has 0 spiro atoms. The van der Waals surface area contributed by atoms with Gasteiger partial charge in [-0.2, -0.15) is 5.10 Å². The van der Waals surface area contributed by atoms with Crippen LogP contribution in [-0.4, -0.2) is 10.2 Å². The summed E-state index contributed by atoms with van der Waals surface area (Å²) in [4.78, 5) is 0.541. The summed E-state index contributed by atoms with van der Waals surface area (Å²) in [6, 6.07) is 3.02. The molecule has 5 heteroatoms. The molecule has 0 aliphatic heterocycles. The number of halogens is 1. The Morgan fingerprint density at radius 1 is 1.58 bits per heavy atom. The fourth-order valence-electron chi connectivity index (χ4n) is 0.939. The van der Waals surface area contributed by atoms with E-state index in [4.69, 9.17) is 5.73 Å². The molecule has 0 radical (unpaired) electrons. The maximum atomic E-state index is 13.0. The first-order chi connectivity index (χ1) is 5.77. The first-order valence-electron chi connectivity index (χ1n) is 3.31. The molecule has 2 rings (SSSR count). The van der Waals surface area contributed by atoms with Gasteiger partial charge >= 0.3 is 0 Å². The van der Waals surface area contributed by atoms with E-state index in [0.717, 1.165) is 0 Å². The van der Waals surface area contributed by atoms with Gasteiger partial charge in [0.1, 0.15) is 11.6 Å². The summed E-state index contributed by atoms with van der Waals surface area (Å²) < 4.78 is 13.0. The molecule has 0 amide bonds. The summed E-state index contributed by atoms with van der Waals surface area (Å²) in [5, 5.41) is 8.03. The van der Waals surface area contributed by atoms with Crippen LogP contribution in [0.4, 0.5) is 10.2 Å². The van der Waals surface area contributed by atoms with Gasteiger partial charge in [0.05, 0.1) is 10.6 Å². The molecule has 0 saturated carbocycles. The number of nitrogens with two attached hydrogens (primary N) is 1. The van der Waals surface area contributed by atoms with E-state index in [1.807, 2.05) is 0 Å². The highest BCUT2D eigenvalue weighted by atomic mass is 32.1. The number of nitrogen functional groups attached to an aromatic ring is 1. The van der Waals surface area contributed by atoms with Crippen LogP contribution in [0, 0.1) is 5.82 Å². The number of nitrogens with zero attached hydrogens (tertiary/aromatic N) is 1. The lowest BCUT2D eigenvalue weighted by molar-refractivity contribution is 0.636. The monoisotopic (exact) mass is 183 g/mol. The Morgan fingerprint density at radius 3 is 2.92 bits per heavy atom. The Morgan fingerprint density at radius 2 is 2.42 bits per heavy atom. The predicted molar refractivity (Wildman–Crippen MR) is 46.3 cm³/mol. The van der Waals surface area contributed by atoms with Crippen molar-refractivity contribution in [1.29, 1.82) is 0 Å². The van der Waals surface area contributed by atoms with Gasteiger partial charge in [0.25, 0.3) is 0 Å². The summed E-state index contributed by atoms with van der Waals surface area (Å²) in [5.41, 5.74) is 6.00. The predicted octanol–water partition coefficient (Wildman–Crippen LogP) is 1.86. The third kappa shape index (κ3) is 1.08. The summed E-state index contributed by atoms with van der Waals surface area (Å²) in [7, 11) is 0. The average Bonchev–Trinajstić information content (AvgIpc) is 2.58. The second-order valence-corrected chi connectivity index (χ2v) is 3.22. The first-order valence-corrected chi connectivity index (χ1v) is 4.19. The van der Waals surface area contributed by atoms with Crippen molar-refractivity contribution in [3.05, 3.63) is 23.3 Å². The van der Waals surface area contributed by atoms with Gasteiger partial charge in [-0.25, -0.2) is 4.39 Å². The van der Waals surface area contributed by atoms with Crippen molar-refractivity contribution < 1.29 is 4.39 Å². The van der Waals surface area contributed by atoms with Crippen LogP contribution < -0.4 is 5.73 Å². The van der Waals surface area contributed by atoms with E-state index in [2.05, 4.69) is 10.2 Å². The second-order valence-electron chi connectivity index (χ2n) is 2.30. The molecule has 2 heterocycles. The number of thiophene rings is 1. The number of rotatable bonds is 1. The van der Waals surface area contributed by atoms with Crippen molar-refractivity contribution >= 4 is 17.2 Å². The summed E-state index contributed by atoms with van der Waals surface area (Å²) in [6.45, 7) is 0. The molecule has 0 aliphatic rings. The molecule has 0 bridgehead atoms. The molecule has 0 saturated heterocycles. The maximum Gasteiger partial charge on any atom is 0.145 e. The van der Waals surface area contributed by atoms with Gasteiger partial charge in [-0.1, -0.05) is 0 Å². The minimum Gasteiger partial charge on any atom is -0.382 e. The Balaban J connectivity index is 2.50. The number of aromatic amines is 1. The SMILES string of the molecule is Nc1cc(-c2sccc2F)[nH]n1. The van der Waals surface area contributed by atoms with Crippen molar-refractivity contribution in [3.8, 4) is 10.6 Å². The molecule has 3 N–H and O–H groups in total. The molecular weight excluding hydrogens is 177 g/mol. The molecule has 12 heavy (non-hydrogen) atoms. The summed E-state index contributed by atoms with van der Waals surface area (Å²) >= 11 is 1.31. The van der Waals surface area contributed by atoms with Gasteiger partial charge in [0.15, 0.2) is 0 Å². The number of anilines is 1. The third-order valence-electron chi connectivity index (χ3n) is 1.46. The van der Waals surface area contributed by atoms with E-state index in [-0.39, 0.29) is 5.82 Å². The average molecular weight is 183 g/mol. The summed E-state index contributed by atoms with van der Waals surface area (Å²) in [5.74, 6) is 0.126. The number of hydrogen-bond donors (Lipinski definition) is 2. The van der Waals surface area contributed by atoms with Crippen LogP contribution in [0.15, 0.2) is 17.5 Å². The molecular formula is C7H6FN3S. The van der Waals surface area contributed by atoms with Crippen molar-refractivity contribution in [2.24, 2.45) is 0 Å². The van der Waals surface area contributed by atoms with Crippen LogP contribution in [0.25, 0.3) is 10.6 Å². The maximum absolute atomic E-state index is 13.0. The molecule has 0 aromatic carbocycles. The highest BCUT2D eigenvalue weighted by Crippen LogP contribution is 2.27. The van der Waals surface area contributed by atoms with Crippen molar-refractivity contribution in [2.45, 2.75) is 0 Å². The number of aromatic nitrogens is 2. The van der Waals surface area contributed by atoms with Crippen LogP contribution in [0.5, 0.6) is 0 Å². The zero-order chi connectivity index (χ0) is 8.55. The van der Waals surface area contributed by atoms with E-state index in [0.29, 0.717) is 16.4 Å². The molecule has 0 fully saturated rings. The lowest BCUT2D eigenvalue weighted by Crippen LogP contribution is -1.81. The number of nitrogens with one attached hydrogen (secondary N) is 1. The Bertz CT molecular complexity index is 393. The molecule has 0 atom stereocenters. The lowest BCUT2D eigenvalue weighted by Gasteiger charge is -1.88. The lowest BCUT2D eigenvalue weighted by atomic mass is 10.3. The topological polar surface area (TPSA) is 54.7 Å². The molecule has 0 aliphatic carbocycles. The third-order valence-corrected chi connectivity index (χ3v) is 2.38. The van der Waals surface area contributed by atoms with Crippen LogP contribution >= 0.6 is 11.3 Å². The van der Waals surface area contributed by atoms with Gasteiger partial charge < -0.3 is 5.73 Å². The standard InChI is InChI=1S/C7H6FN3S/c8-4-1-2-12-7(4)5-3-6(9)11-10-5/h1-3H,(H3,9,10,11). The quantitative estimate of drug-likeness (QED) is 0.709. The highest BCUT2D eigenvalue weighted by molar-refractivity contribution is 7.13. The van der Waals surface area contributed by atoms with Gasteiger partial charge in [-0.15, -0.1) is 11.3 Å². The van der Waals surface area contributed by atoms with E-state index < -0.39 is 0 Å². The molecule has 2 aromatic heterocycles. The smallest absolute Gasteiger partial charge is 0.145 e. The normalized spacial score (nSPS) is 10.4. The largest absolute Gasteiger partial charge is 0.382 e. The van der Waals surface area contributed by atoms with Crippen molar-refractivity contribution in [3.63, 3.8) is 0 Å². The zero-order valence-electron chi connectivity index (χ0n) is 6.04. The minimum absolute atomic E-state index is 0.247. The van der Waals surface area contributed by atoms with Gasteiger partial charge in [-0.3, -0.25) is 5.10 Å². The van der Waals surface area contributed by atoms with Crippen molar-refractivity contribution in [1.82, 2.24) is 10.2 Å². The number of H-pyrrole nitrogens is 1. The van der Waals surface area contributed by atoms with Gasteiger partial charge in [0.2, 0.25) is 0 Å². The minimum atomic E-state index is -0.247. The summed E-state index contributed by atoms with van der Waals surface area (Å²) in [6.07, 6.45) is 0. The van der Waals surface area contributed by atoms with E-state index >= 15 is 0 Å². The first kappa shape index (κ1) is 7.30. The van der Waals surface area contributed by atoms with Gasteiger partial charge in [-0.05, 0) is 11.4 Å². The van der Waals surface area contributed by atoms with Crippen LogP contribution in [0.1, 0.15) is 0 Å². The number of hydrogen-bond acceptors (Lipinski definition) is 3. The fraction of sp³-hybridized carbons (Fsp3) is 0. The molecule has 62 valence electrons. The van der Waals surface area contributed by atoms with Crippen LogP contribution in [-0.2, 0) is 0 Å². The van der Waals surface area contributed by atoms with Crippen LogP contribution in [0.3, 0.4) is 0 Å². The Kier molecular flexibility index (Phi) is 1.58. The Hall–Kier alpha value is -1.36. The highest BCUT2D eigenvalue weighted by Gasteiger charge is 2.08. The fourth-order valence-corrected chi connectivity index (χ4v) is 1.68. The van der Waals surface area contributed by atoms with E-state index in [1.165, 1.54) is 17.4 Å². The van der Waals surface area contributed by atoms with E-state index in [1.54, 1.807) is 11.4 Å². The molecule has 0 unspecified atom stereocenters. The van der Waals surface area contributed by atoms with Crippen LogP contribution in [0.2, 0.25) is 0 Å². The zero-order valence-corrected chi connectivity index (χ0v) is 6.86. The van der Waals surface area contributed by atoms with E-state index in [9.17, 15) is 4.39 Å². The Labute approximate surface area is 72.0 Å². The molecule has 3 nitrogen and oxygen atoms in total. The second kappa shape index (κ2) is 2.60.